The Labute approximate surface area is 101 Å². The van der Waals surface area contributed by atoms with E-state index in [0.29, 0.717) is 5.02 Å². The van der Waals surface area contributed by atoms with Gasteiger partial charge >= 0.3 is 0 Å². The average molecular weight is 242 g/mol. The number of nitrogens with one attached hydrogen (secondary N) is 1. The van der Waals surface area contributed by atoms with Crippen LogP contribution < -0.4 is 10.6 Å². The van der Waals surface area contributed by atoms with Gasteiger partial charge in [0.2, 0.25) is 0 Å². The minimum absolute atomic E-state index is 0.00992. The van der Waals surface area contributed by atoms with Crippen molar-refractivity contribution in [3.8, 4) is 0 Å². The second-order valence-corrected chi connectivity index (χ2v) is 4.25. The van der Waals surface area contributed by atoms with E-state index >= 15 is 0 Å². The summed E-state index contributed by atoms with van der Waals surface area (Å²) in [6.07, 6.45) is 1.06. The maximum absolute atomic E-state index is 11.7. The fourth-order valence-electron chi connectivity index (χ4n) is 1.35. The number of rotatable bonds is 5. The van der Waals surface area contributed by atoms with Crippen molar-refractivity contribution in [2.24, 2.45) is 0 Å². The summed E-state index contributed by atoms with van der Waals surface area (Å²) < 4.78 is 0. The van der Waals surface area contributed by atoms with Crippen molar-refractivity contribution in [3.05, 3.63) is 29.3 Å². The molecular formula is C12H18ClN2O+. The summed E-state index contributed by atoms with van der Waals surface area (Å²) in [6, 6.07) is 7.10. The number of carbonyl (C=O) groups excluding carboxylic acids is 1. The minimum Gasteiger partial charge on any atom is -0.336 e. The van der Waals surface area contributed by atoms with E-state index in [0.717, 1.165) is 18.7 Å². The molecule has 88 valence electrons. The molecule has 0 aliphatic heterocycles. The molecule has 0 saturated heterocycles. The number of amides is 1. The number of hydrogen-bond acceptors (Lipinski definition) is 1. The largest absolute Gasteiger partial charge is 0.336 e. The highest BCUT2D eigenvalue weighted by atomic mass is 35.5. The first-order valence-corrected chi connectivity index (χ1v) is 5.91. The zero-order chi connectivity index (χ0) is 12.0. The van der Waals surface area contributed by atoms with Gasteiger partial charge in [0.1, 0.15) is 0 Å². The monoisotopic (exact) mass is 241 g/mol. The van der Waals surface area contributed by atoms with Crippen LogP contribution in [0.25, 0.3) is 0 Å². The van der Waals surface area contributed by atoms with Crippen molar-refractivity contribution >= 4 is 23.2 Å². The summed E-state index contributed by atoms with van der Waals surface area (Å²) in [7, 11) is 0. The number of quaternary nitrogens is 1. The van der Waals surface area contributed by atoms with Crippen LogP contribution in [-0.2, 0) is 4.79 Å². The van der Waals surface area contributed by atoms with Crippen LogP contribution in [0.2, 0.25) is 5.02 Å². The van der Waals surface area contributed by atoms with Crippen molar-refractivity contribution in [3.63, 3.8) is 0 Å². The Hall–Kier alpha value is -1.06. The smallest absolute Gasteiger partial charge is 0.282 e. The van der Waals surface area contributed by atoms with Crippen molar-refractivity contribution in [2.75, 3.05) is 11.9 Å². The van der Waals surface area contributed by atoms with Gasteiger partial charge in [0, 0.05) is 10.7 Å². The van der Waals surface area contributed by atoms with Crippen LogP contribution in [0.3, 0.4) is 0 Å². The molecule has 16 heavy (non-hydrogen) atoms. The maximum atomic E-state index is 11.7. The number of halogens is 1. The van der Waals surface area contributed by atoms with E-state index in [1.165, 1.54) is 0 Å². The first kappa shape index (κ1) is 13.0. The third-order valence-corrected chi connectivity index (χ3v) is 2.55. The molecule has 0 spiro atoms. The van der Waals surface area contributed by atoms with Gasteiger partial charge in [0.25, 0.3) is 5.91 Å². The summed E-state index contributed by atoms with van der Waals surface area (Å²) in [5.41, 5.74) is 0.745. The molecule has 3 N–H and O–H groups in total. The van der Waals surface area contributed by atoms with Crippen molar-refractivity contribution in [1.82, 2.24) is 0 Å². The van der Waals surface area contributed by atoms with E-state index in [1.54, 1.807) is 12.1 Å². The second-order valence-electron chi connectivity index (χ2n) is 3.81. The van der Waals surface area contributed by atoms with Gasteiger partial charge in [0.05, 0.1) is 6.54 Å². The van der Waals surface area contributed by atoms with Gasteiger partial charge in [-0.15, -0.1) is 0 Å². The van der Waals surface area contributed by atoms with Crippen LogP contribution >= 0.6 is 11.6 Å². The van der Waals surface area contributed by atoms with Crippen molar-refractivity contribution in [1.29, 1.82) is 0 Å². The third kappa shape index (κ3) is 4.21. The highest BCUT2D eigenvalue weighted by molar-refractivity contribution is 6.30. The highest BCUT2D eigenvalue weighted by Gasteiger charge is 2.14. The molecule has 0 aliphatic carbocycles. The summed E-state index contributed by atoms with van der Waals surface area (Å²) in [5, 5.41) is 5.49. The number of benzene rings is 1. The normalized spacial score (nSPS) is 12.2. The maximum Gasteiger partial charge on any atom is 0.282 e. The third-order valence-electron chi connectivity index (χ3n) is 2.31. The lowest BCUT2D eigenvalue weighted by molar-refractivity contribution is -0.673. The summed E-state index contributed by atoms with van der Waals surface area (Å²) in [5.74, 6) is 0.00992. The Balaban J connectivity index is 2.50. The average Bonchev–Trinajstić information content (AvgIpc) is 2.25. The molecule has 0 aromatic heterocycles. The Morgan fingerprint density at radius 2 is 2.31 bits per heavy atom. The molecule has 0 unspecified atom stereocenters. The molecule has 4 heteroatoms. The lowest BCUT2D eigenvalue weighted by atomic mass is 10.2. The number of carbonyl (C=O) groups is 1. The molecule has 1 aromatic carbocycles. The summed E-state index contributed by atoms with van der Waals surface area (Å²) >= 11 is 5.83. The molecule has 1 aromatic rings. The van der Waals surface area contributed by atoms with Gasteiger partial charge in [-0.1, -0.05) is 24.6 Å². The molecule has 1 rings (SSSR count). The van der Waals surface area contributed by atoms with Gasteiger partial charge in [-0.25, -0.2) is 0 Å². The molecule has 1 amide bonds. The fraction of sp³-hybridized carbons (Fsp3) is 0.417. The molecule has 0 fully saturated rings. The zero-order valence-corrected chi connectivity index (χ0v) is 10.4. The van der Waals surface area contributed by atoms with Gasteiger partial charge in [-0.2, -0.15) is 0 Å². The fourth-order valence-corrected chi connectivity index (χ4v) is 1.54. The van der Waals surface area contributed by atoms with Gasteiger partial charge in [0.15, 0.2) is 6.04 Å². The SMILES string of the molecule is CCC[NH2+][C@H](C)C(=O)Nc1cccc(Cl)c1. The molecule has 1 atom stereocenters. The van der Waals surface area contributed by atoms with E-state index < -0.39 is 0 Å². The Morgan fingerprint density at radius 3 is 2.94 bits per heavy atom. The molecular weight excluding hydrogens is 224 g/mol. The predicted molar refractivity (Wildman–Crippen MR) is 66.6 cm³/mol. The Kier molecular flexibility index (Phi) is 5.29. The highest BCUT2D eigenvalue weighted by Crippen LogP contribution is 2.14. The van der Waals surface area contributed by atoms with Gasteiger partial charge in [-0.3, -0.25) is 4.79 Å². The van der Waals surface area contributed by atoms with Crippen LogP contribution in [0.1, 0.15) is 20.3 Å². The minimum atomic E-state index is -0.0704. The van der Waals surface area contributed by atoms with E-state index in [2.05, 4.69) is 12.2 Å². The van der Waals surface area contributed by atoms with Gasteiger partial charge in [-0.05, 0) is 31.5 Å². The standard InChI is InChI=1S/C12H17ClN2O/c1-3-7-14-9(2)12(16)15-11-6-4-5-10(13)8-11/h4-6,8-9,14H,3,7H2,1-2H3,(H,15,16)/p+1/t9-/m1/s1. The quantitative estimate of drug-likeness (QED) is 0.809. The van der Waals surface area contributed by atoms with E-state index in [-0.39, 0.29) is 11.9 Å². The number of nitrogens with two attached hydrogens (primary N) is 1. The first-order valence-electron chi connectivity index (χ1n) is 5.53. The molecule has 0 bridgehead atoms. The molecule has 0 saturated carbocycles. The predicted octanol–water partition coefficient (Wildman–Crippen LogP) is 1.64. The van der Waals surface area contributed by atoms with Crippen LogP contribution in [0.15, 0.2) is 24.3 Å². The topological polar surface area (TPSA) is 45.7 Å². The van der Waals surface area contributed by atoms with E-state index in [4.69, 9.17) is 11.6 Å². The van der Waals surface area contributed by atoms with Crippen LogP contribution in [0, 0.1) is 0 Å². The second kappa shape index (κ2) is 6.51. The first-order chi connectivity index (χ1) is 7.63. The number of anilines is 1. The Bertz CT molecular complexity index is 355. The molecule has 0 radical (unpaired) electrons. The Morgan fingerprint density at radius 1 is 1.56 bits per heavy atom. The van der Waals surface area contributed by atoms with Crippen LogP contribution in [0.5, 0.6) is 0 Å². The van der Waals surface area contributed by atoms with Crippen LogP contribution in [-0.4, -0.2) is 18.5 Å². The lowest BCUT2D eigenvalue weighted by Gasteiger charge is -2.10. The molecule has 0 heterocycles. The molecule has 3 nitrogen and oxygen atoms in total. The molecule has 0 aliphatic rings. The lowest BCUT2D eigenvalue weighted by Crippen LogP contribution is -2.91. The summed E-state index contributed by atoms with van der Waals surface area (Å²) in [4.78, 5) is 11.7. The summed E-state index contributed by atoms with van der Waals surface area (Å²) in [6.45, 7) is 4.96. The number of hydrogen-bond donors (Lipinski definition) is 2. The van der Waals surface area contributed by atoms with E-state index in [9.17, 15) is 4.79 Å². The van der Waals surface area contributed by atoms with E-state index in [1.807, 2.05) is 24.4 Å². The zero-order valence-electron chi connectivity index (χ0n) is 9.66. The van der Waals surface area contributed by atoms with Crippen LogP contribution in [0.4, 0.5) is 5.69 Å². The van der Waals surface area contributed by atoms with Gasteiger partial charge < -0.3 is 10.6 Å². The van der Waals surface area contributed by atoms with Crippen molar-refractivity contribution in [2.45, 2.75) is 26.3 Å². The van der Waals surface area contributed by atoms with Crippen molar-refractivity contribution < 1.29 is 10.1 Å².